The molecule has 1 aromatic heterocycles. The quantitative estimate of drug-likeness (QED) is 0.409. The molecule has 0 bridgehead atoms. The first-order valence-corrected chi connectivity index (χ1v) is 10.9. The summed E-state index contributed by atoms with van der Waals surface area (Å²) in [5.74, 6) is 1.47. The summed E-state index contributed by atoms with van der Waals surface area (Å²) in [6.45, 7) is 2.44. The molecule has 0 aliphatic rings. The highest BCUT2D eigenvalue weighted by molar-refractivity contribution is 6.07. The normalized spacial score (nSPS) is 10.7. The zero-order valence-corrected chi connectivity index (χ0v) is 19.8. The Morgan fingerprint density at radius 1 is 0.857 bits per heavy atom. The molecule has 180 valence electrons. The maximum Gasteiger partial charge on any atom is 0.316 e. The second-order valence-electron chi connectivity index (χ2n) is 7.73. The van der Waals surface area contributed by atoms with E-state index >= 15 is 0 Å². The highest BCUT2D eigenvalue weighted by atomic mass is 16.5. The van der Waals surface area contributed by atoms with Gasteiger partial charge in [-0.1, -0.05) is 12.1 Å². The van der Waals surface area contributed by atoms with E-state index in [0.717, 1.165) is 0 Å². The molecule has 4 rings (SSSR count). The second-order valence-corrected chi connectivity index (χ2v) is 7.73. The van der Waals surface area contributed by atoms with Crippen LogP contribution in [0.5, 0.6) is 23.0 Å². The van der Waals surface area contributed by atoms with Crippen LogP contribution in [0.1, 0.15) is 17.3 Å². The summed E-state index contributed by atoms with van der Waals surface area (Å²) in [4.78, 5) is 37.9. The third-order valence-electron chi connectivity index (χ3n) is 5.55. The van der Waals surface area contributed by atoms with Crippen molar-refractivity contribution in [2.24, 2.45) is 14.1 Å². The smallest absolute Gasteiger partial charge is 0.316 e. The van der Waals surface area contributed by atoms with Crippen LogP contribution in [-0.2, 0) is 14.1 Å². The van der Waals surface area contributed by atoms with Gasteiger partial charge in [0.1, 0.15) is 17.2 Å². The van der Waals surface area contributed by atoms with Crippen molar-refractivity contribution in [1.29, 1.82) is 0 Å². The lowest BCUT2D eigenvalue weighted by atomic mass is 10.1. The summed E-state index contributed by atoms with van der Waals surface area (Å²) in [5, 5.41) is 2.85. The largest absolute Gasteiger partial charge is 0.496 e. The predicted molar refractivity (Wildman–Crippen MR) is 133 cm³/mol. The Labute approximate surface area is 201 Å². The highest BCUT2D eigenvalue weighted by Crippen LogP contribution is 2.34. The van der Waals surface area contributed by atoms with Gasteiger partial charge < -0.3 is 28.7 Å². The molecular weight excluding hydrogens is 450 g/mol. The lowest BCUT2D eigenvalue weighted by molar-refractivity contribution is 0.102. The first-order chi connectivity index (χ1) is 16.8. The minimum atomic E-state index is -0.679. The van der Waals surface area contributed by atoms with E-state index in [1.807, 2.05) is 6.92 Å². The first-order valence-electron chi connectivity index (χ1n) is 10.9. The minimum Gasteiger partial charge on any atom is -0.496 e. The molecule has 0 aliphatic heterocycles. The molecule has 0 atom stereocenters. The number of fused-ring (bicyclic) bond motifs is 1. The average Bonchev–Trinajstić information content (AvgIpc) is 2.88. The molecule has 0 saturated carbocycles. The third kappa shape index (κ3) is 4.61. The molecule has 0 fully saturated rings. The number of aryl methyl sites for hydroxylation is 2. The van der Waals surface area contributed by atoms with Gasteiger partial charge in [0.2, 0.25) is 0 Å². The lowest BCUT2D eigenvalue weighted by Crippen LogP contribution is -2.39. The topological polar surface area (TPSA) is 101 Å². The van der Waals surface area contributed by atoms with Crippen molar-refractivity contribution in [2.75, 3.05) is 19.0 Å². The van der Waals surface area contributed by atoms with Gasteiger partial charge in [-0.05, 0) is 49.4 Å². The first kappa shape index (κ1) is 23.6. The summed E-state index contributed by atoms with van der Waals surface area (Å²) in [6.07, 6.45) is 0. The number of nitrogens with one attached hydrogen (secondary N) is 1. The Morgan fingerprint density at radius 3 is 2.09 bits per heavy atom. The van der Waals surface area contributed by atoms with Crippen molar-refractivity contribution in [3.63, 3.8) is 0 Å². The molecule has 1 amide bonds. The van der Waals surface area contributed by atoms with Gasteiger partial charge >= 0.3 is 11.1 Å². The highest BCUT2D eigenvalue weighted by Gasteiger charge is 2.18. The molecule has 1 heterocycles. The fraction of sp³-hybridized carbons (Fsp3) is 0.192. The van der Waals surface area contributed by atoms with Crippen LogP contribution in [0.2, 0.25) is 0 Å². The van der Waals surface area contributed by atoms with Gasteiger partial charge in [0.25, 0.3) is 5.91 Å². The zero-order chi connectivity index (χ0) is 25.1. The maximum absolute atomic E-state index is 13.1. The fourth-order valence-electron chi connectivity index (χ4n) is 3.70. The Hall–Kier alpha value is -4.53. The standard InChI is InChI=1S/C26H25N3O6/c1-5-34-16-10-12-17(13-11-16)35-23-15-21-20(28(2)25(31)26(32)29(21)3)14-19(23)27-24(30)18-8-6-7-9-22(18)33-4/h6-15H,5H2,1-4H3,(H,27,30). The summed E-state index contributed by atoms with van der Waals surface area (Å²) >= 11 is 0. The van der Waals surface area contributed by atoms with Crippen molar-refractivity contribution < 1.29 is 19.0 Å². The third-order valence-corrected chi connectivity index (χ3v) is 5.55. The van der Waals surface area contributed by atoms with Gasteiger partial charge in [0.15, 0.2) is 5.75 Å². The van der Waals surface area contributed by atoms with Crippen molar-refractivity contribution in [3.05, 3.63) is 86.9 Å². The van der Waals surface area contributed by atoms with Gasteiger partial charge in [-0.25, -0.2) is 0 Å². The summed E-state index contributed by atoms with van der Waals surface area (Å²) in [7, 11) is 4.50. The Bertz CT molecular complexity index is 1520. The molecular formula is C26H25N3O6. The molecule has 0 spiro atoms. The Kier molecular flexibility index (Phi) is 6.59. The van der Waals surface area contributed by atoms with E-state index in [4.69, 9.17) is 14.2 Å². The van der Waals surface area contributed by atoms with Gasteiger partial charge in [-0.3, -0.25) is 14.4 Å². The van der Waals surface area contributed by atoms with E-state index < -0.39 is 17.0 Å². The fourth-order valence-corrected chi connectivity index (χ4v) is 3.70. The van der Waals surface area contributed by atoms with Crippen molar-refractivity contribution in [1.82, 2.24) is 9.13 Å². The molecule has 1 N–H and O–H groups in total. The van der Waals surface area contributed by atoms with Gasteiger partial charge in [-0.2, -0.15) is 0 Å². The van der Waals surface area contributed by atoms with Crippen molar-refractivity contribution in [2.45, 2.75) is 6.92 Å². The average molecular weight is 476 g/mol. The number of para-hydroxylation sites is 1. The van der Waals surface area contributed by atoms with Gasteiger partial charge in [0.05, 0.1) is 36.0 Å². The number of ether oxygens (including phenoxy) is 3. The molecule has 9 nitrogen and oxygen atoms in total. The number of hydrogen-bond acceptors (Lipinski definition) is 6. The number of benzene rings is 3. The number of methoxy groups -OCH3 is 1. The van der Waals surface area contributed by atoms with Crippen LogP contribution in [0, 0.1) is 0 Å². The zero-order valence-electron chi connectivity index (χ0n) is 19.8. The van der Waals surface area contributed by atoms with Crippen molar-refractivity contribution in [3.8, 4) is 23.0 Å². The van der Waals surface area contributed by atoms with E-state index in [1.54, 1.807) is 60.7 Å². The van der Waals surface area contributed by atoms with Crippen LogP contribution in [0.4, 0.5) is 5.69 Å². The van der Waals surface area contributed by atoms with E-state index in [0.29, 0.717) is 51.9 Å². The number of carbonyl (C=O) groups is 1. The van der Waals surface area contributed by atoms with Crippen LogP contribution in [0.15, 0.2) is 70.3 Å². The predicted octanol–water partition coefficient (Wildman–Crippen LogP) is 3.69. The van der Waals surface area contributed by atoms with Crippen LogP contribution >= 0.6 is 0 Å². The molecule has 35 heavy (non-hydrogen) atoms. The van der Waals surface area contributed by atoms with E-state index in [1.165, 1.54) is 30.3 Å². The molecule has 9 heteroatoms. The van der Waals surface area contributed by atoms with E-state index in [9.17, 15) is 14.4 Å². The summed E-state index contributed by atoms with van der Waals surface area (Å²) in [6, 6.07) is 17.1. The maximum atomic E-state index is 13.1. The van der Waals surface area contributed by atoms with E-state index in [-0.39, 0.29) is 0 Å². The minimum absolute atomic E-state index is 0.290. The van der Waals surface area contributed by atoms with Gasteiger partial charge in [-0.15, -0.1) is 0 Å². The number of nitrogens with zero attached hydrogens (tertiary/aromatic N) is 2. The second kappa shape index (κ2) is 9.76. The van der Waals surface area contributed by atoms with Crippen LogP contribution in [0.25, 0.3) is 11.0 Å². The number of amides is 1. The molecule has 4 aromatic rings. The van der Waals surface area contributed by atoms with Crippen molar-refractivity contribution >= 4 is 22.6 Å². The SMILES string of the molecule is CCOc1ccc(Oc2cc3c(cc2NC(=O)c2ccccc2OC)n(C)c(=O)c(=O)n3C)cc1. The monoisotopic (exact) mass is 475 g/mol. The number of anilines is 1. The Morgan fingerprint density at radius 2 is 1.46 bits per heavy atom. The number of carbonyl (C=O) groups excluding carboxylic acids is 1. The lowest BCUT2D eigenvalue weighted by Gasteiger charge is -2.17. The molecule has 0 radical (unpaired) electrons. The number of hydrogen-bond donors (Lipinski definition) is 1. The van der Waals surface area contributed by atoms with Crippen LogP contribution < -0.4 is 30.6 Å². The van der Waals surface area contributed by atoms with E-state index in [2.05, 4.69) is 5.32 Å². The summed E-state index contributed by atoms with van der Waals surface area (Å²) < 4.78 is 19.4. The number of rotatable bonds is 7. The molecule has 0 unspecified atom stereocenters. The Balaban J connectivity index is 1.83. The molecule has 3 aromatic carbocycles. The number of aromatic nitrogens is 2. The molecule has 0 aliphatic carbocycles. The van der Waals surface area contributed by atoms with Crippen LogP contribution in [-0.4, -0.2) is 28.8 Å². The molecule has 0 saturated heterocycles. The summed E-state index contributed by atoms with van der Waals surface area (Å²) in [5.41, 5.74) is 0.215. The van der Waals surface area contributed by atoms with Crippen LogP contribution in [0.3, 0.4) is 0 Å². The van der Waals surface area contributed by atoms with Gasteiger partial charge in [0, 0.05) is 20.2 Å².